The van der Waals surface area contributed by atoms with Crippen molar-refractivity contribution in [2.75, 3.05) is 0 Å². The van der Waals surface area contributed by atoms with Crippen LogP contribution in [0.4, 0.5) is 0 Å². The normalized spacial score (nSPS) is 12.5. The van der Waals surface area contributed by atoms with E-state index in [-0.39, 0.29) is 29.4 Å². The lowest BCUT2D eigenvalue weighted by molar-refractivity contribution is -0.687. The second kappa shape index (κ2) is 9.19. The lowest BCUT2D eigenvalue weighted by Crippen LogP contribution is -3.00. The number of pyridine rings is 1. The van der Waals surface area contributed by atoms with Crippen molar-refractivity contribution in [2.24, 2.45) is 5.41 Å². The fourth-order valence-electron chi connectivity index (χ4n) is 4.86. The van der Waals surface area contributed by atoms with E-state index in [1.165, 1.54) is 44.8 Å². The topological polar surface area (TPSA) is 3.88 Å². The van der Waals surface area contributed by atoms with Crippen molar-refractivity contribution >= 4 is 0 Å². The van der Waals surface area contributed by atoms with Crippen molar-refractivity contribution in [1.29, 1.82) is 0 Å². The first kappa shape index (κ1) is 22.7. The average molecular weight is 531 g/mol. The predicted octanol–water partition coefficient (Wildman–Crippen LogP) is 4.12. The molecule has 0 N–H and O–H groups in total. The maximum Gasteiger partial charge on any atom is 0.217 e. The van der Waals surface area contributed by atoms with E-state index in [1.54, 1.807) is 0 Å². The van der Waals surface area contributed by atoms with Crippen LogP contribution in [0.1, 0.15) is 31.9 Å². The Bertz CT molecular complexity index is 1220. The number of hydrogen-bond acceptors (Lipinski definition) is 0. The van der Waals surface area contributed by atoms with Crippen molar-refractivity contribution in [3.8, 4) is 33.6 Å². The number of hydrogen-bond donors (Lipinski definition) is 0. The van der Waals surface area contributed by atoms with Gasteiger partial charge in [0.25, 0.3) is 0 Å². The van der Waals surface area contributed by atoms with E-state index in [1.807, 2.05) is 0 Å². The van der Waals surface area contributed by atoms with Gasteiger partial charge >= 0.3 is 0 Å². The summed E-state index contributed by atoms with van der Waals surface area (Å²) in [4.78, 5) is 0. The molecule has 3 aromatic carbocycles. The van der Waals surface area contributed by atoms with Gasteiger partial charge in [-0.15, -0.1) is 0 Å². The fraction of sp³-hybridized carbons (Fsp3) is 0.233. The predicted molar refractivity (Wildman–Crippen MR) is 130 cm³/mol. The molecule has 1 heterocycles. The molecule has 0 fully saturated rings. The molecule has 1 aliphatic carbocycles. The minimum atomic E-state index is 0. The van der Waals surface area contributed by atoms with Gasteiger partial charge in [-0.1, -0.05) is 87.5 Å². The third kappa shape index (κ3) is 4.38. The smallest absolute Gasteiger partial charge is 0.217 e. The van der Waals surface area contributed by atoms with Gasteiger partial charge in [0.2, 0.25) is 11.4 Å². The molecule has 0 saturated heterocycles. The summed E-state index contributed by atoms with van der Waals surface area (Å²) in [6.45, 7) is 7.98. The Labute approximate surface area is 209 Å². The quantitative estimate of drug-likeness (QED) is 0.277. The highest BCUT2D eigenvalue weighted by Gasteiger charge is 2.33. The molecule has 0 saturated carbocycles. The van der Waals surface area contributed by atoms with E-state index in [0.29, 0.717) is 0 Å². The van der Waals surface area contributed by atoms with Crippen molar-refractivity contribution in [1.82, 2.24) is 0 Å². The zero-order valence-electron chi connectivity index (χ0n) is 19.1. The molecule has 32 heavy (non-hydrogen) atoms. The molecule has 1 aliphatic rings. The Morgan fingerprint density at radius 3 is 1.94 bits per heavy atom. The maximum absolute atomic E-state index is 2.59. The first-order chi connectivity index (χ1) is 15.0. The SMILES string of the molecule is CC(C)(C)C[n+]1c(-c2ccccc2)cc(-c2ccccc2)c2c1-c1ccccc1CC2.[I-]. The second-order valence-corrected chi connectivity index (χ2v) is 9.81. The first-order valence-electron chi connectivity index (χ1n) is 11.3. The Kier molecular flexibility index (Phi) is 6.52. The third-order valence-corrected chi connectivity index (χ3v) is 6.16. The molecule has 0 radical (unpaired) electrons. The summed E-state index contributed by atoms with van der Waals surface area (Å²) in [5.41, 5.74) is 11.1. The van der Waals surface area contributed by atoms with Crippen LogP contribution >= 0.6 is 0 Å². The Hall–Kier alpha value is -2.46. The first-order valence-corrected chi connectivity index (χ1v) is 11.3. The van der Waals surface area contributed by atoms with Crippen molar-refractivity contribution in [3.63, 3.8) is 0 Å². The number of nitrogens with zero attached hydrogens (tertiary/aromatic N) is 1. The summed E-state index contributed by atoms with van der Waals surface area (Å²) in [7, 11) is 0. The molecule has 0 spiro atoms. The van der Waals surface area contributed by atoms with Crippen LogP contribution in [0.5, 0.6) is 0 Å². The van der Waals surface area contributed by atoms with Gasteiger partial charge in [0.15, 0.2) is 6.54 Å². The van der Waals surface area contributed by atoms with E-state index in [0.717, 1.165) is 19.4 Å². The van der Waals surface area contributed by atoms with Crippen LogP contribution in [0.3, 0.4) is 0 Å². The largest absolute Gasteiger partial charge is 1.00 e. The second-order valence-electron chi connectivity index (χ2n) is 9.81. The lowest BCUT2D eigenvalue weighted by atomic mass is 9.83. The number of rotatable bonds is 3. The van der Waals surface area contributed by atoms with Crippen LogP contribution in [0.15, 0.2) is 91.0 Å². The van der Waals surface area contributed by atoms with Gasteiger partial charge in [-0.2, -0.15) is 4.57 Å². The minimum Gasteiger partial charge on any atom is -1.00 e. The molecule has 0 atom stereocenters. The summed E-state index contributed by atoms with van der Waals surface area (Å²) in [5.74, 6) is 0. The molecule has 162 valence electrons. The maximum atomic E-state index is 2.59. The fourth-order valence-corrected chi connectivity index (χ4v) is 4.86. The summed E-state index contributed by atoms with van der Waals surface area (Å²) >= 11 is 0. The van der Waals surface area contributed by atoms with Gasteiger partial charge < -0.3 is 24.0 Å². The molecule has 0 unspecified atom stereocenters. The van der Waals surface area contributed by atoms with Gasteiger partial charge in [0.1, 0.15) is 0 Å². The van der Waals surface area contributed by atoms with Crippen LogP contribution in [0, 0.1) is 5.41 Å². The Balaban J connectivity index is 0.00000245. The molecule has 1 nitrogen and oxygen atoms in total. The molecule has 0 aliphatic heterocycles. The molecule has 5 rings (SSSR count). The molecule has 1 aromatic heterocycles. The number of aromatic nitrogens is 1. The standard InChI is InChI=1S/C30H30N.HI/c1-30(2,3)21-31-28(24-15-8-5-9-16-24)20-27(22-12-6-4-7-13-22)26-19-18-23-14-10-11-17-25(23)29(26)31;/h4-17,20H,18-19,21H2,1-3H3;1H/q+1;/p-1. The Morgan fingerprint density at radius 2 is 1.28 bits per heavy atom. The summed E-state index contributed by atoms with van der Waals surface area (Å²) in [5, 5.41) is 0. The van der Waals surface area contributed by atoms with Gasteiger partial charge in [-0.25, -0.2) is 0 Å². The Morgan fingerprint density at radius 1 is 0.688 bits per heavy atom. The van der Waals surface area contributed by atoms with Gasteiger partial charge in [0.05, 0.1) is 0 Å². The van der Waals surface area contributed by atoms with Crippen molar-refractivity contribution in [2.45, 2.75) is 40.2 Å². The van der Waals surface area contributed by atoms with Crippen molar-refractivity contribution < 1.29 is 28.5 Å². The minimum absolute atomic E-state index is 0. The van der Waals surface area contributed by atoms with E-state index in [9.17, 15) is 0 Å². The highest BCUT2D eigenvalue weighted by atomic mass is 127. The number of aryl methyl sites for hydroxylation is 1. The van der Waals surface area contributed by atoms with Gasteiger partial charge in [-0.05, 0) is 47.7 Å². The summed E-state index contributed by atoms with van der Waals surface area (Å²) in [6.07, 6.45) is 2.18. The molecular formula is C30H30IN. The monoisotopic (exact) mass is 531 g/mol. The summed E-state index contributed by atoms with van der Waals surface area (Å²) in [6, 6.07) is 33.2. The molecule has 0 amide bonds. The highest BCUT2D eigenvalue weighted by molar-refractivity contribution is 5.80. The number of benzene rings is 3. The van der Waals surface area contributed by atoms with Crippen LogP contribution < -0.4 is 28.5 Å². The van der Waals surface area contributed by atoms with E-state index in [2.05, 4.69) is 116 Å². The van der Waals surface area contributed by atoms with E-state index in [4.69, 9.17) is 0 Å². The number of fused-ring (bicyclic) bond motifs is 3. The van der Waals surface area contributed by atoms with E-state index >= 15 is 0 Å². The van der Waals surface area contributed by atoms with Crippen LogP contribution in [-0.2, 0) is 19.4 Å². The third-order valence-electron chi connectivity index (χ3n) is 6.16. The van der Waals surface area contributed by atoms with Crippen LogP contribution in [0.2, 0.25) is 0 Å². The zero-order chi connectivity index (χ0) is 21.4. The molecule has 0 bridgehead atoms. The van der Waals surface area contributed by atoms with E-state index < -0.39 is 0 Å². The van der Waals surface area contributed by atoms with Crippen LogP contribution in [-0.4, -0.2) is 0 Å². The summed E-state index contributed by atoms with van der Waals surface area (Å²) < 4.78 is 2.59. The van der Waals surface area contributed by atoms with Crippen LogP contribution in [0.25, 0.3) is 33.6 Å². The van der Waals surface area contributed by atoms with Gasteiger partial charge in [0, 0.05) is 28.2 Å². The van der Waals surface area contributed by atoms with Gasteiger partial charge in [-0.3, -0.25) is 0 Å². The zero-order valence-corrected chi connectivity index (χ0v) is 21.3. The highest BCUT2D eigenvalue weighted by Crippen LogP contribution is 2.39. The molecule has 4 aromatic rings. The lowest BCUT2D eigenvalue weighted by Gasteiger charge is -2.25. The molecular weight excluding hydrogens is 501 g/mol. The molecule has 2 heteroatoms. The average Bonchev–Trinajstić information content (AvgIpc) is 2.79. The van der Waals surface area contributed by atoms with Crippen molar-refractivity contribution in [3.05, 3.63) is 102 Å². The number of halogens is 1.